The lowest BCUT2D eigenvalue weighted by molar-refractivity contribution is 0.178. The molecule has 2 heteroatoms. The lowest BCUT2D eigenvalue weighted by atomic mass is 10.00. The Labute approximate surface area is 92.6 Å². The average Bonchev–Trinajstić information content (AvgIpc) is 2.29. The maximum Gasteiger partial charge on any atom is 0.0543 e. The van der Waals surface area contributed by atoms with E-state index in [1.807, 2.05) is 6.07 Å². The van der Waals surface area contributed by atoms with Crippen LogP contribution in [0.3, 0.4) is 0 Å². The summed E-state index contributed by atoms with van der Waals surface area (Å²) in [6.07, 6.45) is 1.18. The minimum absolute atomic E-state index is 0.461. The number of rotatable bonds is 7. The van der Waals surface area contributed by atoms with E-state index < -0.39 is 0 Å². The summed E-state index contributed by atoms with van der Waals surface area (Å²) in [7, 11) is 1.76. The summed E-state index contributed by atoms with van der Waals surface area (Å²) >= 11 is 0. The van der Waals surface area contributed by atoms with Gasteiger partial charge in [0.1, 0.15) is 0 Å². The molecular formula is C13H21NO. The monoisotopic (exact) mass is 207 g/mol. The Morgan fingerprint density at radius 2 is 2.00 bits per heavy atom. The number of nitrogens with one attached hydrogen (secondary N) is 1. The number of hydrogen-bond donors (Lipinski definition) is 1. The van der Waals surface area contributed by atoms with Gasteiger partial charge in [-0.3, -0.25) is 0 Å². The molecule has 1 rings (SSSR count). The Morgan fingerprint density at radius 1 is 1.27 bits per heavy atom. The van der Waals surface area contributed by atoms with Crippen molar-refractivity contribution in [3.63, 3.8) is 0 Å². The first-order valence-corrected chi connectivity index (χ1v) is 5.63. The van der Waals surface area contributed by atoms with Gasteiger partial charge in [-0.15, -0.1) is 0 Å². The Bertz CT molecular complexity index is 248. The molecule has 1 unspecified atom stereocenters. The summed E-state index contributed by atoms with van der Waals surface area (Å²) < 4.78 is 5.25. The molecule has 0 aliphatic rings. The average molecular weight is 207 g/mol. The molecule has 0 fully saturated rings. The smallest absolute Gasteiger partial charge is 0.0543 e. The molecule has 1 aromatic rings. The fourth-order valence-corrected chi connectivity index (χ4v) is 1.65. The molecule has 0 radical (unpaired) electrons. The van der Waals surface area contributed by atoms with E-state index in [1.165, 1.54) is 12.0 Å². The molecule has 1 N–H and O–H groups in total. The molecule has 0 aliphatic heterocycles. The van der Waals surface area contributed by atoms with Crippen LogP contribution in [0.15, 0.2) is 30.3 Å². The molecule has 1 atom stereocenters. The van der Waals surface area contributed by atoms with E-state index in [0.717, 1.165) is 19.7 Å². The second-order valence-corrected chi connectivity index (χ2v) is 3.77. The molecule has 0 aliphatic carbocycles. The van der Waals surface area contributed by atoms with Crippen molar-refractivity contribution < 1.29 is 4.74 Å². The topological polar surface area (TPSA) is 21.3 Å². The van der Waals surface area contributed by atoms with Gasteiger partial charge >= 0.3 is 0 Å². The SMILES string of the molecule is CCCNCC(COC)c1ccccc1. The largest absolute Gasteiger partial charge is 0.384 e. The molecule has 0 saturated carbocycles. The standard InChI is InChI=1S/C13H21NO/c1-3-9-14-10-13(11-15-2)12-7-5-4-6-8-12/h4-8,13-14H,3,9-11H2,1-2H3. The number of methoxy groups -OCH3 is 1. The third kappa shape index (κ3) is 4.45. The Hall–Kier alpha value is -0.860. The summed E-state index contributed by atoms with van der Waals surface area (Å²) in [6, 6.07) is 10.5. The van der Waals surface area contributed by atoms with Crippen LogP contribution in [0.5, 0.6) is 0 Å². The summed E-state index contributed by atoms with van der Waals surface area (Å²) in [6.45, 7) is 5.03. The zero-order valence-electron chi connectivity index (χ0n) is 9.70. The first-order chi connectivity index (χ1) is 7.38. The summed E-state index contributed by atoms with van der Waals surface area (Å²) in [4.78, 5) is 0. The van der Waals surface area contributed by atoms with Gasteiger partial charge in [-0.1, -0.05) is 37.3 Å². The Kier molecular flexibility index (Phi) is 6.05. The second-order valence-electron chi connectivity index (χ2n) is 3.77. The fourth-order valence-electron chi connectivity index (χ4n) is 1.65. The Balaban J connectivity index is 2.50. The summed E-state index contributed by atoms with van der Waals surface area (Å²) in [5.41, 5.74) is 1.35. The molecule has 0 heterocycles. The lowest BCUT2D eigenvalue weighted by Crippen LogP contribution is -2.24. The zero-order chi connectivity index (χ0) is 10.9. The molecule has 0 saturated heterocycles. The van der Waals surface area contributed by atoms with E-state index in [4.69, 9.17) is 4.74 Å². The molecule has 0 spiro atoms. The third-order valence-corrected chi connectivity index (χ3v) is 2.46. The van der Waals surface area contributed by atoms with Gasteiger partial charge in [0.2, 0.25) is 0 Å². The third-order valence-electron chi connectivity index (χ3n) is 2.46. The van der Waals surface area contributed by atoms with E-state index in [9.17, 15) is 0 Å². The number of benzene rings is 1. The van der Waals surface area contributed by atoms with Crippen molar-refractivity contribution in [1.29, 1.82) is 0 Å². The van der Waals surface area contributed by atoms with Gasteiger partial charge < -0.3 is 10.1 Å². The van der Waals surface area contributed by atoms with Crippen molar-refractivity contribution in [2.75, 3.05) is 26.8 Å². The van der Waals surface area contributed by atoms with Crippen LogP contribution in [0.2, 0.25) is 0 Å². The molecular weight excluding hydrogens is 186 g/mol. The summed E-state index contributed by atoms with van der Waals surface area (Å²) in [5.74, 6) is 0.461. The number of ether oxygens (including phenoxy) is 1. The van der Waals surface area contributed by atoms with Crippen molar-refractivity contribution in [1.82, 2.24) is 5.32 Å². The van der Waals surface area contributed by atoms with Gasteiger partial charge in [0.05, 0.1) is 6.61 Å². The molecule has 0 aromatic heterocycles. The normalized spacial score (nSPS) is 12.7. The lowest BCUT2D eigenvalue weighted by Gasteiger charge is -2.16. The molecule has 1 aromatic carbocycles. The van der Waals surface area contributed by atoms with Gasteiger partial charge in [-0.2, -0.15) is 0 Å². The van der Waals surface area contributed by atoms with E-state index >= 15 is 0 Å². The van der Waals surface area contributed by atoms with Gasteiger partial charge in [0.15, 0.2) is 0 Å². The predicted molar refractivity (Wildman–Crippen MR) is 64.2 cm³/mol. The molecule has 15 heavy (non-hydrogen) atoms. The minimum Gasteiger partial charge on any atom is -0.384 e. The predicted octanol–water partition coefficient (Wildman–Crippen LogP) is 2.42. The van der Waals surface area contributed by atoms with E-state index in [1.54, 1.807) is 7.11 Å². The van der Waals surface area contributed by atoms with Gasteiger partial charge in [-0.05, 0) is 18.5 Å². The van der Waals surface area contributed by atoms with Crippen LogP contribution in [0.1, 0.15) is 24.8 Å². The van der Waals surface area contributed by atoms with Crippen molar-refractivity contribution in [3.8, 4) is 0 Å². The van der Waals surface area contributed by atoms with E-state index in [2.05, 4.69) is 36.5 Å². The van der Waals surface area contributed by atoms with Crippen LogP contribution in [0, 0.1) is 0 Å². The van der Waals surface area contributed by atoms with Gasteiger partial charge in [-0.25, -0.2) is 0 Å². The van der Waals surface area contributed by atoms with E-state index in [0.29, 0.717) is 5.92 Å². The van der Waals surface area contributed by atoms with Crippen LogP contribution < -0.4 is 5.32 Å². The highest BCUT2D eigenvalue weighted by Crippen LogP contribution is 2.14. The highest BCUT2D eigenvalue weighted by atomic mass is 16.5. The molecule has 84 valence electrons. The first kappa shape index (κ1) is 12.2. The first-order valence-electron chi connectivity index (χ1n) is 5.63. The maximum absolute atomic E-state index is 5.25. The molecule has 0 bridgehead atoms. The van der Waals surface area contributed by atoms with Gasteiger partial charge in [0.25, 0.3) is 0 Å². The summed E-state index contributed by atoms with van der Waals surface area (Å²) in [5, 5.41) is 3.44. The minimum atomic E-state index is 0.461. The highest BCUT2D eigenvalue weighted by molar-refractivity contribution is 5.19. The second kappa shape index (κ2) is 7.43. The zero-order valence-corrected chi connectivity index (χ0v) is 9.70. The van der Waals surface area contributed by atoms with Crippen LogP contribution in [0.25, 0.3) is 0 Å². The van der Waals surface area contributed by atoms with Crippen molar-refractivity contribution in [2.24, 2.45) is 0 Å². The quantitative estimate of drug-likeness (QED) is 0.693. The van der Waals surface area contributed by atoms with Crippen molar-refractivity contribution >= 4 is 0 Å². The molecule has 0 amide bonds. The van der Waals surface area contributed by atoms with Gasteiger partial charge in [0, 0.05) is 19.6 Å². The Morgan fingerprint density at radius 3 is 2.60 bits per heavy atom. The maximum atomic E-state index is 5.25. The van der Waals surface area contributed by atoms with Crippen LogP contribution >= 0.6 is 0 Å². The molecule has 2 nitrogen and oxygen atoms in total. The van der Waals surface area contributed by atoms with Crippen molar-refractivity contribution in [3.05, 3.63) is 35.9 Å². The van der Waals surface area contributed by atoms with Crippen LogP contribution in [0.4, 0.5) is 0 Å². The van der Waals surface area contributed by atoms with E-state index in [-0.39, 0.29) is 0 Å². The van der Waals surface area contributed by atoms with Crippen LogP contribution in [-0.2, 0) is 4.74 Å². The number of hydrogen-bond acceptors (Lipinski definition) is 2. The highest BCUT2D eigenvalue weighted by Gasteiger charge is 2.09. The fraction of sp³-hybridized carbons (Fsp3) is 0.538. The van der Waals surface area contributed by atoms with Crippen LogP contribution in [-0.4, -0.2) is 26.8 Å². The van der Waals surface area contributed by atoms with Crippen molar-refractivity contribution in [2.45, 2.75) is 19.3 Å².